The molecule has 0 aliphatic heterocycles. The number of hydrogen-bond donors (Lipinski definition) is 1. The first-order valence-electron chi connectivity index (χ1n) is 6.49. The molecule has 19 heavy (non-hydrogen) atoms. The molecule has 1 aromatic heterocycles. The third kappa shape index (κ3) is 3.78. The van der Waals surface area contributed by atoms with Gasteiger partial charge in [0.2, 0.25) is 0 Å². The Morgan fingerprint density at radius 1 is 1.21 bits per heavy atom. The van der Waals surface area contributed by atoms with Crippen LogP contribution in [0.15, 0.2) is 29.6 Å². The van der Waals surface area contributed by atoms with Crippen LogP contribution in [0.3, 0.4) is 0 Å². The van der Waals surface area contributed by atoms with E-state index < -0.39 is 0 Å². The lowest BCUT2D eigenvalue weighted by molar-refractivity contribution is 0.301. The van der Waals surface area contributed by atoms with E-state index in [0.717, 1.165) is 22.0 Å². The lowest BCUT2D eigenvalue weighted by Gasteiger charge is -2.08. The lowest BCUT2D eigenvalue weighted by atomic mass is 10.1. The fourth-order valence-electron chi connectivity index (χ4n) is 1.68. The minimum absolute atomic E-state index is 0.0567. The van der Waals surface area contributed by atoms with Crippen molar-refractivity contribution >= 4 is 11.3 Å². The minimum atomic E-state index is 0.0567. The molecule has 0 spiro atoms. The van der Waals surface area contributed by atoms with Crippen molar-refractivity contribution < 1.29 is 4.74 Å². The van der Waals surface area contributed by atoms with Gasteiger partial charge in [0.05, 0.1) is 10.7 Å². The third-order valence-electron chi connectivity index (χ3n) is 2.86. The Morgan fingerprint density at radius 3 is 2.42 bits per heavy atom. The highest BCUT2D eigenvalue weighted by Crippen LogP contribution is 2.21. The number of ether oxygens (including phenoxy) is 1. The molecule has 0 bridgehead atoms. The van der Waals surface area contributed by atoms with Gasteiger partial charge < -0.3 is 10.5 Å². The smallest absolute Gasteiger partial charge is 0.131 e. The van der Waals surface area contributed by atoms with Crippen LogP contribution in [-0.2, 0) is 6.61 Å². The normalized spacial score (nSPS) is 12.7. The highest BCUT2D eigenvalue weighted by atomic mass is 32.1. The zero-order valence-electron chi connectivity index (χ0n) is 11.6. The molecule has 2 N–H and O–H groups in total. The summed E-state index contributed by atoms with van der Waals surface area (Å²) in [6, 6.07) is 7.96. The van der Waals surface area contributed by atoms with Gasteiger partial charge in [-0.3, -0.25) is 0 Å². The molecule has 0 radical (unpaired) electrons. The molecule has 1 heterocycles. The molecular weight excluding hydrogens is 256 g/mol. The summed E-state index contributed by atoms with van der Waals surface area (Å²) >= 11 is 1.69. The Hall–Kier alpha value is -1.39. The average molecular weight is 276 g/mol. The number of rotatable bonds is 5. The number of benzene rings is 1. The van der Waals surface area contributed by atoms with E-state index in [1.165, 1.54) is 0 Å². The SMILES string of the molecule is CC(C)c1nc(COc2ccc(C(C)N)cc2)cs1. The molecule has 4 heteroatoms. The molecule has 2 rings (SSSR count). The molecule has 1 aromatic carbocycles. The lowest BCUT2D eigenvalue weighted by Crippen LogP contribution is -2.04. The first kappa shape index (κ1) is 14.0. The van der Waals surface area contributed by atoms with Crippen LogP contribution in [0, 0.1) is 0 Å². The molecular formula is C15H20N2OS. The van der Waals surface area contributed by atoms with Gasteiger partial charge in [-0.1, -0.05) is 26.0 Å². The number of aromatic nitrogens is 1. The van der Waals surface area contributed by atoms with E-state index in [1.807, 2.05) is 31.2 Å². The highest BCUT2D eigenvalue weighted by Gasteiger charge is 2.06. The minimum Gasteiger partial charge on any atom is -0.487 e. The van der Waals surface area contributed by atoms with Crippen molar-refractivity contribution in [2.75, 3.05) is 0 Å². The van der Waals surface area contributed by atoms with Gasteiger partial charge in [-0.25, -0.2) is 4.98 Å². The van der Waals surface area contributed by atoms with Gasteiger partial charge in [0.15, 0.2) is 0 Å². The fraction of sp³-hybridized carbons (Fsp3) is 0.400. The Kier molecular flexibility index (Phi) is 4.56. The van der Waals surface area contributed by atoms with Crippen LogP contribution in [0.4, 0.5) is 0 Å². The van der Waals surface area contributed by atoms with E-state index in [0.29, 0.717) is 12.5 Å². The van der Waals surface area contributed by atoms with Crippen molar-refractivity contribution in [3.8, 4) is 5.75 Å². The van der Waals surface area contributed by atoms with Crippen LogP contribution >= 0.6 is 11.3 Å². The number of hydrogen-bond acceptors (Lipinski definition) is 4. The summed E-state index contributed by atoms with van der Waals surface area (Å²) in [4.78, 5) is 4.54. The van der Waals surface area contributed by atoms with Crippen molar-refractivity contribution in [2.45, 2.75) is 39.3 Å². The standard InChI is InChI=1S/C15H20N2OS/c1-10(2)15-17-13(9-19-15)8-18-14-6-4-12(5-7-14)11(3)16/h4-7,9-11H,8,16H2,1-3H3. The maximum atomic E-state index is 5.81. The number of nitrogens with two attached hydrogens (primary N) is 1. The van der Waals surface area contributed by atoms with Gasteiger partial charge in [0.25, 0.3) is 0 Å². The zero-order valence-corrected chi connectivity index (χ0v) is 12.4. The van der Waals surface area contributed by atoms with E-state index in [1.54, 1.807) is 11.3 Å². The topological polar surface area (TPSA) is 48.1 Å². The third-order valence-corrected chi connectivity index (χ3v) is 4.05. The molecule has 2 aromatic rings. The Balaban J connectivity index is 1.94. The van der Waals surface area contributed by atoms with Gasteiger partial charge in [-0.05, 0) is 24.6 Å². The maximum Gasteiger partial charge on any atom is 0.131 e. The average Bonchev–Trinajstić information content (AvgIpc) is 2.86. The second-order valence-electron chi connectivity index (χ2n) is 4.98. The van der Waals surface area contributed by atoms with Crippen molar-refractivity contribution in [3.05, 3.63) is 45.9 Å². The van der Waals surface area contributed by atoms with Gasteiger partial charge >= 0.3 is 0 Å². The Labute approximate surface area is 118 Å². The van der Waals surface area contributed by atoms with E-state index in [2.05, 4.69) is 24.2 Å². The highest BCUT2D eigenvalue weighted by molar-refractivity contribution is 7.09. The molecule has 0 saturated heterocycles. The summed E-state index contributed by atoms with van der Waals surface area (Å²) in [6.07, 6.45) is 0. The largest absolute Gasteiger partial charge is 0.487 e. The van der Waals surface area contributed by atoms with Gasteiger partial charge in [-0.2, -0.15) is 0 Å². The summed E-state index contributed by atoms with van der Waals surface area (Å²) in [5, 5.41) is 3.22. The molecule has 3 nitrogen and oxygen atoms in total. The van der Waals surface area contributed by atoms with Crippen molar-refractivity contribution in [1.29, 1.82) is 0 Å². The predicted octanol–water partition coefficient (Wildman–Crippen LogP) is 3.87. The summed E-state index contributed by atoms with van der Waals surface area (Å²) in [5.41, 5.74) is 7.92. The van der Waals surface area contributed by atoms with Crippen LogP contribution in [0.25, 0.3) is 0 Å². The van der Waals surface area contributed by atoms with E-state index in [-0.39, 0.29) is 6.04 Å². The predicted molar refractivity (Wildman–Crippen MR) is 79.6 cm³/mol. The Bertz CT molecular complexity index is 517. The Morgan fingerprint density at radius 2 is 1.89 bits per heavy atom. The zero-order chi connectivity index (χ0) is 13.8. The van der Waals surface area contributed by atoms with Crippen LogP contribution in [0.5, 0.6) is 5.75 Å². The van der Waals surface area contributed by atoms with Gasteiger partial charge in [0, 0.05) is 17.3 Å². The second-order valence-corrected chi connectivity index (χ2v) is 5.87. The van der Waals surface area contributed by atoms with Crippen LogP contribution in [0.1, 0.15) is 49.0 Å². The summed E-state index contributed by atoms with van der Waals surface area (Å²) in [7, 11) is 0. The van der Waals surface area contributed by atoms with Crippen LogP contribution in [-0.4, -0.2) is 4.98 Å². The quantitative estimate of drug-likeness (QED) is 0.902. The number of nitrogens with zero attached hydrogens (tertiary/aromatic N) is 1. The van der Waals surface area contributed by atoms with E-state index in [9.17, 15) is 0 Å². The van der Waals surface area contributed by atoms with Crippen molar-refractivity contribution in [1.82, 2.24) is 4.98 Å². The fourth-order valence-corrected chi connectivity index (χ4v) is 2.50. The van der Waals surface area contributed by atoms with E-state index >= 15 is 0 Å². The first-order chi connectivity index (χ1) is 9.06. The summed E-state index contributed by atoms with van der Waals surface area (Å²) in [6.45, 7) is 6.78. The molecule has 0 aliphatic rings. The summed E-state index contributed by atoms with van der Waals surface area (Å²) < 4.78 is 5.72. The molecule has 1 atom stereocenters. The molecule has 0 aliphatic carbocycles. The molecule has 0 amide bonds. The monoisotopic (exact) mass is 276 g/mol. The molecule has 0 fully saturated rings. The molecule has 102 valence electrons. The number of thiazole rings is 1. The van der Waals surface area contributed by atoms with Crippen molar-refractivity contribution in [2.24, 2.45) is 5.73 Å². The molecule has 1 unspecified atom stereocenters. The van der Waals surface area contributed by atoms with Crippen molar-refractivity contribution in [3.63, 3.8) is 0 Å². The first-order valence-corrected chi connectivity index (χ1v) is 7.37. The van der Waals surface area contributed by atoms with Crippen LogP contribution < -0.4 is 10.5 Å². The summed E-state index contributed by atoms with van der Waals surface area (Å²) in [5.74, 6) is 1.33. The second kappa shape index (κ2) is 6.17. The van der Waals surface area contributed by atoms with E-state index in [4.69, 9.17) is 10.5 Å². The van der Waals surface area contributed by atoms with Gasteiger partial charge in [0.1, 0.15) is 12.4 Å². The van der Waals surface area contributed by atoms with Crippen LogP contribution in [0.2, 0.25) is 0 Å². The maximum absolute atomic E-state index is 5.81. The molecule has 0 saturated carbocycles. The van der Waals surface area contributed by atoms with Gasteiger partial charge in [-0.15, -0.1) is 11.3 Å².